The van der Waals surface area contributed by atoms with E-state index < -0.39 is 0 Å². The molecule has 1 N–H and O–H groups in total. The van der Waals surface area contributed by atoms with Crippen LogP contribution < -0.4 is 0 Å². The molecule has 5 rings (SSSR count). The van der Waals surface area contributed by atoms with Crippen molar-refractivity contribution < 1.29 is 0 Å². The molecule has 0 aliphatic carbocycles. The zero-order valence-corrected chi connectivity index (χ0v) is 17.6. The van der Waals surface area contributed by atoms with E-state index in [1.165, 1.54) is 22.0 Å². The molecule has 4 aromatic rings. The van der Waals surface area contributed by atoms with E-state index in [-0.39, 0.29) is 0 Å². The predicted molar refractivity (Wildman–Crippen MR) is 125 cm³/mol. The molecule has 0 amide bonds. The zero-order valence-electron chi connectivity index (χ0n) is 17.6. The van der Waals surface area contributed by atoms with Crippen molar-refractivity contribution in [2.45, 2.75) is 25.2 Å². The van der Waals surface area contributed by atoms with Gasteiger partial charge in [0.2, 0.25) is 0 Å². The number of benzene rings is 3. The van der Waals surface area contributed by atoms with Crippen molar-refractivity contribution >= 4 is 10.8 Å². The minimum Gasteiger partial charge on any atom is -0.303 e. The minimum atomic E-state index is 0.536. The topological polar surface area (TPSA) is 55.7 Å². The number of hydrogen-bond acceptors (Lipinski definition) is 3. The smallest absolute Gasteiger partial charge is 0.0991 e. The molecule has 1 aliphatic heterocycles. The van der Waals surface area contributed by atoms with E-state index in [9.17, 15) is 0 Å². The number of fused-ring (bicyclic) bond motifs is 1. The van der Waals surface area contributed by atoms with Gasteiger partial charge in [0.25, 0.3) is 0 Å². The number of aromatic amines is 1. The third kappa shape index (κ3) is 4.23. The number of H-pyrrole nitrogens is 1. The van der Waals surface area contributed by atoms with Gasteiger partial charge >= 0.3 is 0 Å². The largest absolute Gasteiger partial charge is 0.303 e. The highest BCUT2D eigenvalue weighted by molar-refractivity contribution is 5.85. The Kier molecular flexibility index (Phi) is 5.52. The van der Waals surface area contributed by atoms with Crippen molar-refractivity contribution in [2.24, 2.45) is 0 Å². The summed E-state index contributed by atoms with van der Waals surface area (Å²) in [5.41, 5.74) is 5.36. The van der Waals surface area contributed by atoms with Crippen LogP contribution in [0, 0.1) is 11.3 Å². The van der Waals surface area contributed by atoms with E-state index in [1.54, 1.807) is 0 Å². The first-order chi connectivity index (χ1) is 15.3. The van der Waals surface area contributed by atoms with Gasteiger partial charge in [0, 0.05) is 23.7 Å². The molecular weight excluding hydrogens is 380 g/mol. The van der Waals surface area contributed by atoms with E-state index in [1.807, 2.05) is 24.3 Å². The highest BCUT2D eigenvalue weighted by atomic mass is 15.1. The third-order valence-electron chi connectivity index (χ3n) is 6.51. The van der Waals surface area contributed by atoms with E-state index in [0.29, 0.717) is 11.5 Å². The summed E-state index contributed by atoms with van der Waals surface area (Å²) in [5.74, 6) is 0.536. The Hall–Kier alpha value is -3.42. The van der Waals surface area contributed by atoms with Crippen LogP contribution in [-0.2, 0) is 6.42 Å². The Morgan fingerprint density at radius 1 is 0.968 bits per heavy atom. The lowest BCUT2D eigenvalue weighted by Crippen LogP contribution is -2.34. The quantitative estimate of drug-likeness (QED) is 0.474. The number of nitriles is 1. The van der Waals surface area contributed by atoms with Gasteiger partial charge in [-0.15, -0.1) is 0 Å². The van der Waals surface area contributed by atoms with Crippen LogP contribution in [0.1, 0.15) is 35.6 Å². The number of nitrogens with zero attached hydrogens (tertiary/aromatic N) is 3. The highest BCUT2D eigenvalue weighted by Gasteiger charge is 2.22. The normalized spacial score (nSPS) is 15.2. The molecule has 0 bridgehead atoms. The second kappa shape index (κ2) is 8.75. The molecule has 0 atom stereocenters. The summed E-state index contributed by atoms with van der Waals surface area (Å²) in [5, 5.41) is 19.5. The average Bonchev–Trinajstić information content (AvgIpc) is 3.33. The summed E-state index contributed by atoms with van der Waals surface area (Å²) >= 11 is 0. The second-order valence-corrected chi connectivity index (χ2v) is 8.40. The van der Waals surface area contributed by atoms with Crippen molar-refractivity contribution in [3.63, 3.8) is 0 Å². The third-order valence-corrected chi connectivity index (χ3v) is 6.51. The van der Waals surface area contributed by atoms with Crippen LogP contribution in [-0.4, -0.2) is 34.7 Å². The SMILES string of the molecule is N#Cc1ccc(-c2cc(C3CCN(CCc4cccc5ccccc45)CC3)[nH]n2)cc1. The first kappa shape index (κ1) is 19.5. The fourth-order valence-electron chi connectivity index (χ4n) is 4.67. The molecule has 4 heteroatoms. The molecule has 0 spiro atoms. The standard InChI is InChI=1S/C27H26N4/c28-19-20-8-10-23(11-9-20)26-18-27(30-29-26)24-13-16-31(17-14-24)15-12-22-6-3-5-21-4-1-2-7-25(21)22/h1-11,18,24H,12-17H2,(H,29,30). The summed E-state index contributed by atoms with van der Waals surface area (Å²) in [6, 6.07) is 27.3. The Morgan fingerprint density at radius 3 is 2.55 bits per heavy atom. The molecule has 31 heavy (non-hydrogen) atoms. The van der Waals surface area contributed by atoms with Gasteiger partial charge in [0.15, 0.2) is 0 Å². The van der Waals surface area contributed by atoms with Crippen LogP contribution in [0.3, 0.4) is 0 Å². The van der Waals surface area contributed by atoms with Gasteiger partial charge in [-0.1, -0.05) is 54.6 Å². The summed E-state index contributed by atoms with van der Waals surface area (Å²) in [4.78, 5) is 2.59. The monoisotopic (exact) mass is 406 g/mol. The summed E-state index contributed by atoms with van der Waals surface area (Å²) in [6.45, 7) is 3.36. The maximum Gasteiger partial charge on any atom is 0.0991 e. The van der Waals surface area contributed by atoms with E-state index in [4.69, 9.17) is 5.26 Å². The van der Waals surface area contributed by atoms with Crippen LogP contribution in [0.2, 0.25) is 0 Å². The molecule has 154 valence electrons. The summed E-state index contributed by atoms with van der Waals surface area (Å²) in [6.07, 6.45) is 3.41. The van der Waals surface area contributed by atoms with Gasteiger partial charge < -0.3 is 4.90 Å². The Balaban J connectivity index is 1.18. The average molecular weight is 407 g/mol. The van der Waals surface area contributed by atoms with E-state index in [0.717, 1.165) is 50.2 Å². The van der Waals surface area contributed by atoms with Crippen LogP contribution >= 0.6 is 0 Å². The maximum atomic E-state index is 8.97. The molecule has 1 aromatic heterocycles. The molecule has 0 saturated carbocycles. The molecule has 1 aliphatic rings. The molecule has 2 heterocycles. The van der Waals surface area contributed by atoms with Crippen LogP contribution in [0.15, 0.2) is 72.8 Å². The lowest BCUT2D eigenvalue weighted by atomic mass is 9.92. The van der Waals surface area contributed by atoms with Crippen LogP contribution in [0.4, 0.5) is 0 Å². The molecule has 3 aromatic carbocycles. The minimum absolute atomic E-state index is 0.536. The van der Waals surface area contributed by atoms with Crippen LogP contribution in [0.5, 0.6) is 0 Å². The fourth-order valence-corrected chi connectivity index (χ4v) is 4.67. The van der Waals surface area contributed by atoms with Gasteiger partial charge in [-0.3, -0.25) is 5.10 Å². The highest BCUT2D eigenvalue weighted by Crippen LogP contribution is 2.30. The predicted octanol–water partition coefficient (Wildman–Crippen LogP) is 5.52. The number of rotatable bonds is 5. The first-order valence-electron chi connectivity index (χ1n) is 11.0. The van der Waals surface area contributed by atoms with Crippen molar-refractivity contribution in [3.8, 4) is 17.3 Å². The molecule has 0 unspecified atom stereocenters. The Morgan fingerprint density at radius 2 is 1.74 bits per heavy atom. The number of likely N-dealkylation sites (tertiary alicyclic amines) is 1. The van der Waals surface area contributed by atoms with Crippen molar-refractivity contribution in [2.75, 3.05) is 19.6 Å². The van der Waals surface area contributed by atoms with Crippen LogP contribution in [0.25, 0.3) is 22.0 Å². The number of hydrogen-bond donors (Lipinski definition) is 1. The lowest BCUT2D eigenvalue weighted by molar-refractivity contribution is 0.213. The first-order valence-corrected chi connectivity index (χ1v) is 11.0. The van der Waals surface area contributed by atoms with Gasteiger partial charge in [-0.25, -0.2) is 0 Å². The zero-order chi connectivity index (χ0) is 21.0. The number of aromatic nitrogens is 2. The van der Waals surface area contributed by atoms with Crippen molar-refractivity contribution in [1.29, 1.82) is 5.26 Å². The molecule has 1 fully saturated rings. The van der Waals surface area contributed by atoms with Gasteiger partial charge in [-0.2, -0.15) is 10.4 Å². The van der Waals surface area contributed by atoms with E-state index in [2.05, 4.69) is 69.7 Å². The molecular formula is C27H26N4. The second-order valence-electron chi connectivity index (χ2n) is 8.40. The van der Waals surface area contributed by atoms with Crippen molar-refractivity contribution in [1.82, 2.24) is 15.1 Å². The Bertz CT molecular complexity index is 1200. The van der Waals surface area contributed by atoms with Gasteiger partial charge in [-0.05, 0) is 66.9 Å². The Labute approximate surface area is 183 Å². The maximum absolute atomic E-state index is 8.97. The van der Waals surface area contributed by atoms with Gasteiger partial charge in [0.1, 0.15) is 0 Å². The summed E-state index contributed by atoms with van der Waals surface area (Å²) < 4.78 is 0. The van der Waals surface area contributed by atoms with E-state index >= 15 is 0 Å². The van der Waals surface area contributed by atoms with Crippen molar-refractivity contribution in [3.05, 3.63) is 89.6 Å². The fraction of sp³-hybridized carbons (Fsp3) is 0.259. The summed E-state index contributed by atoms with van der Waals surface area (Å²) in [7, 11) is 0. The lowest BCUT2D eigenvalue weighted by Gasteiger charge is -2.31. The number of nitrogens with one attached hydrogen (secondary N) is 1. The molecule has 0 radical (unpaired) electrons. The molecule has 1 saturated heterocycles. The van der Waals surface area contributed by atoms with Gasteiger partial charge in [0.05, 0.1) is 17.3 Å². The molecule has 4 nitrogen and oxygen atoms in total. The number of piperidine rings is 1.